The van der Waals surface area contributed by atoms with Crippen LogP contribution in [0.15, 0.2) is 18.2 Å². The lowest BCUT2D eigenvalue weighted by molar-refractivity contribution is 0.0948. The molecule has 0 heterocycles. The maximum atomic E-state index is 12.1. The Balaban J connectivity index is 1.80. The molecule has 0 unspecified atom stereocenters. The Morgan fingerprint density at radius 3 is 2.75 bits per heavy atom. The van der Waals surface area contributed by atoms with Gasteiger partial charge in [0.15, 0.2) is 0 Å². The van der Waals surface area contributed by atoms with Gasteiger partial charge in [0.1, 0.15) is 0 Å². The molecule has 0 radical (unpaired) electrons. The van der Waals surface area contributed by atoms with Crippen molar-refractivity contribution in [2.75, 3.05) is 25.9 Å². The number of nitrogens with one attached hydrogen (secondary N) is 1. The Morgan fingerprint density at radius 2 is 2.10 bits per heavy atom. The zero-order valence-corrected chi connectivity index (χ0v) is 12.5. The molecule has 1 fully saturated rings. The first-order valence-electron chi connectivity index (χ1n) is 7.42. The van der Waals surface area contributed by atoms with Gasteiger partial charge in [0, 0.05) is 24.8 Å². The summed E-state index contributed by atoms with van der Waals surface area (Å²) in [5.41, 5.74) is 8.07. The second-order valence-corrected chi connectivity index (χ2v) is 5.77. The molecule has 4 heteroatoms. The molecule has 0 atom stereocenters. The molecule has 0 aliphatic heterocycles. The number of likely N-dealkylation sites (N-methyl/N-ethyl adjacent to an activating group) is 1. The lowest BCUT2D eigenvalue weighted by Gasteiger charge is -2.23. The molecule has 0 spiro atoms. The summed E-state index contributed by atoms with van der Waals surface area (Å²) in [5.74, 6) is -0.0812. The van der Waals surface area contributed by atoms with Crippen LogP contribution in [0.25, 0.3) is 0 Å². The number of nitrogens with two attached hydrogens (primary N) is 1. The van der Waals surface area contributed by atoms with Gasteiger partial charge in [0.2, 0.25) is 0 Å². The minimum absolute atomic E-state index is 0.0812. The van der Waals surface area contributed by atoms with Crippen LogP contribution in [-0.2, 0) is 0 Å². The summed E-state index contributed by atoms with van der Waals surface area (Å²) in [5, 5.41) is 2.95. The molecule has 1 aromatic rings. The normalized spacial score (nSPS) is 15.8. The highest BCUT2D eigenvalue weighted by molar-refractivity contribution is 5.99. The van der Waals surface area contributed by atoms with Gasteiger partial charge < -0.3 is 16.0 Å². The van der Waals surface area contributed by atoms with Crippen molar-refractivity contribution in [3.8, 4) is 0 Å². The first-order chi connectivity index (χ1) is 9.58. The fourth-order valence-corrected chi connectivity index (χ4v) is 2.86. The maximum Gasteiger partial charge on any atom is 0.253 e. The summed E-state index contributed by atoms with van der Waals surface area (Å²) in [6.45, 7) is 3.52. The zero-order chi connectivity index (χ0) is 14.5. The molecule has 1 amide bonds. The molecule has 0 aromatic heterocycles. The van der Waals surface area contributed by atoms with E-state index in [2.05, 4.69) is 17.3 Å². The predicted octanol–water partition coefficient (Wildman–Crippen LogP) is 2.18. The van der Waals surface area contributed by atoms with Crippen molar-refractivity contribution in [1.29, 1.82) is 0 Å². The zero-order valence-electron chi connectivity index (χ0n) is 12.5. The largest absolute Gasteiger partial charge is 0.398 e. The van der Waals surface area contributed by atoms with E-state index in [-0.39, 0.29) is 5.91 Å². The van der Waals surface area contributed by atoms with Crippen LogP contribution in [0.4, 0.5) is 5.69 Å². The van der Waals surface area contributed by atoms with E-state index >= 15 is 0 Å². The molecule has 4 nitrogen and oxygen atoms in total. The van der Waals surface area contributed by atoms with Crippen LogP contribution in [0.1, 0.15) is 41.6 Å². The smallest absolute Gasteiger partial charge is 0.253 e. The monoisotopic (exact) mass is 275 g/mol. The number of amides is 1. The second-order valence-electron chi connectivity index (χ2n) is 5.77. The topological polar surface area (TPSA) is 58.4 Å². The highest BCUT2D eigenvalue weighted by Gasteiger charge is 2.19. The van der Waals surface area contributed by atoms with E-state index in [1.54, 1.807) is 6.07 Å². The van der Waals surface area contributed by atoms with E-state index in [1.165, 1.54) is 25.7 Å². The fourth-order valence-electron chi connectivity index (χ4n) is 2.86. The number of rotatable bonds is 5. The summed E-state index contributed by atoms with van der Waals surface area (Å²) < 4.78 is 0. The second kappa shape index (κ2) is 6.75. The Kier molecular flexibility index (Phi) is 5.01. The number of nitrogens with zero attached hydrogens (tertiary/aromatic N) is 1. The number of hydrogen-bond acceptors (Lipinski definition) is 3. The standard InChI is InChI=1S/C16H25N3O/c1-12-7-8-14(15(17)11-12)16(20)18-9-10-19(2)13-5-3-4-6-13/h7-8,11,13H,3-6,9-10,17H2,1-2H3,(H,18,20). The Hall–Kier alpha value is -1.55. The summed E-state index contributed by atoms with van der Waals surface area (Å²) >= 11 is 0. The van der Waals surface area contributed by atoms with Crippen LogP contribution in [0, 0.1) is 6.92 Å². The molecule has 110 valence electrons. The Bertz CT molecular complexity index is 467. The van der Waals surface area contributed by atoms with Crippen molar-refractivity contribution in [2.24, 2.45) is 0 Å². The van der Waals surface area contributed by atoms with Crippen molar-refractivity contribution >= 4 is 11.6 Å². The molecule has 1 aliphatic carbocycles. The van der Waals surface area contributed by atoms with Gasteiger partial charge in [-0.05, 0) is 44.5 Å². The van der Waals surface area contributed by atoms with Crippen molar-refractivity contribution in [1.82, 2.24) is 10.2 Å². The van der Waals surface area contributed by atoms with Gasteiger partial charge >= 0.3 is 0 Å². The van der Waals surface area contributed by atoms with Crippen molar-refractivity contribution < 1.29 is 4.79 Å². The molecule has 20 heavy (non-hydrogen) atoms. The minimum atomic E-state index is -0.0812. The summed E-state index contributed by atoms with van der Waals surface area (Å²) in [4.78, 5) is 14.4. The first kappa shape index (κ1) is 14.9. The average molecular weight is 275 g/mol. The summed E-state index contributed by atoms with van der Waals surface area (Å²) in [6, 6.07) is 6.23. The van der Waals surface area contributed by atoms with Gasteiger partial charge in [-0.25, -0.2) is 0 Å². The Morgan fingerprint density at radius 1 is 1.40 bits per heavy atom. The average Bonchev–Trinajstić information content (AvgIpc) is 2.92. The van der Waals surface area contributed by atoms with E-state index in [0.29, 0.717) is 23.8 Å². The number of hydrogen-bond donors (Lipinski definition) is 2. The number of aryl methyl sites for hydroxylation is 1. The van der Waals surface area contributed by atoms with E-state index in [4.69, 9.17) is 5.73 Å². The quantitative estimate of drug-likeness (QED) is 0.810. The number of anilines is 1. The fraction of sp³-hybridized carbons (Fsp3) is 0.562. The SMILES string of the molecule is Cc1ccc(C(=O)NCCN(C)C2CCCC2)c(N)c1. The van der Waals surface area contributed by atoms with Crippen LogP contribution in [0.3, 0.4) is 0 Å². The van der Waals surface area contributed by atoms with Crippen molar-refractivity contribution in [3.63, 3.8) is 0 Å². The summed E-state index contributed by atoms with van der Waals surface area (Å²) in [6.07, 6.45) is 5.24. The van der Waals surface area contributed by atoms with Gasteiger partial charge in [-0.3, -0.25) is 4.79 Å². The van der Waals surface area contributed by atoms with Crippen LogP contribution in [-0.4, -0.2) is 37.0 Å². The van der Waals surface area contributed by atoms with Gasteiger partial charge in [-0.2, -0.15) is 0 Å². The molecule has 1 aromatic carbocycles. The number of nitrogen functional groups attached to an aromatic ring is 1. The van der Waals surface area contributed by atoms with Crippen molar-refractivity contribution in [2.45, 2.75) is 38.6 Å². The number of benzene rings is 1. The van der Waals surface area contributed by atoms with Crippen LogP contribution < -0.4 is 11.1 Å². The lowest BCUT2D eigenvalue weighted by atomic mass is 10.1. The predicted molar refractivity (Wildman–Crippen MR) is 82.8 cm³/mol. The third-order valence-corrected chi connectivity index (χ3v) is 4.15. The first-order valence-corrected chi connectivity index (χ1v) is 7.42. The highest BCUT2D eigenvalue weighted by Crippen LogP contribution is 2.21. The number of carbonyl (C=O) groups is 1. The van der Waals surface area contributed by atoms with Crippen molar-refractivity contribution in [3.05, 3.63) is 29.3 Å². The molecule has 0 bridgehead atoms. The van der Waals surface area contributed by atoms with Gasteiger partial charge in [-0.15, -0.1) is 0 Å². The third-order valence-electron chi connectivity index (χ3n) is 4.15. The molecule has 1 aliphatic rings. The third kappa shape index (κ3) is 3.73. The van der Waals surface area contributed by atoms with E-state index in [9.17, 15) is 4.79 Å². The molecule has 0 saturated heterocycles. The summed E-state index contributed by atoms with van der Waals surface area (Å²) in [7, 11) is 2.14. The van der Waals surface area contributed by atoms with Gasteiger partial charge in [0.05, 0.1) is 5.56 Å². The number of carbonyl (C=O) groups excluding carboxylic acids is 1. The maximum absolute atomic E-state index is 12.1. The van der Waals surface area contributed by atoms with E-state index < -0.39 is 0 Å². The van der Waals surface area contributed by atoms with Crippen LogP contribution in [0.5, 0.6) is 0 Å². The molecule has 2 rings (SSSR count). The van der Waals surface area contributed by atoms with Gasteiger partial charge in [0.25, 0.3) is 5.91 Å². The molecule has 1 saturated carbocycles. The molecule has 3 N–H and O–H groups in total. The molecular formula is C16H25N3O. The van der Waals surface area contributed by atoms with Crippen LogP contribution >= 0.6 is 0 Å². The highest BCUT2D eigenvalue weighted by atomic mass is 16.1. The Labute approximate surface area is 121 Å². The van der Waals surface area contributed by atoms with E-state index in [0.717, 1.165) is 12.1 Å². The molecular weight excluding hydrogens is 250 g/mol. The van der Waals surface area contributed by atoms with Crippen LogP contribution in [0.2, 0.25) is 0 Å². The lowest BCUT2D eigenvalue weighted by Crippen LogP contribution is -2.37. The van der Waals surface area contributed by atoms with Gasteiger partial charge in [-0.1, -0.05) is 18.9 Å². The van der Waals surface area contributed by atoms with E-state index in [1.807, 2.05) is 19.1 Å². The minimum Gasteiger partial charge on any atom is -0.398 e.